The third kappa shape index (κ3) is 2.93. The Hall–Kier alpha value is -2.26. The zero-order chi connectivity index (χ0) is 17.4. The fourth-order valence-corrected chi connectivity index (χ4v) is 4.24. The van der Waals surface area contributed by atoms with E-state index in [-0.39, 0.29) is 0 Å². The molecule has 3 nitrogen and oxygen atoms in total. The van der Waals surface area contributed by atoms with Gasteiger partial charge in [0.1, 0.15) is 5.75 Å². The molecule has 1 N–H and O–H groups in total. The largest absolute Gasteiger partial charge is 0.497 e. The maximum Gasteiger partial charge on any atom is 0.119 e. The number of aryl methyl sites for hydroxylation is 2. The highest BCUT2D eigenvalue weighted by Gasteiger charge is 2.27. The maximum atomic E-state index is 5.48. The van der Waals surface area contributed by atoms with Crippen molar-refractivity contribution in [3.8, 4) is 5.75 Å². The first-order chi connectivity index (χ1) is 12.2. The summed E-state index contributed by atoms with van der Waals surface area (Å²) in [5.41, 5.74) is 5.64. The van der Waals surface area contributed by atoms with E-state index in [4.69, 9.17) is 4.74 Å². The second-order valence-corrected chi connectivity index (χ2v) is 7.12. The first-order valence-electron chi connectivity index (χ1n) is 9.16. The second kappa shape index (κ2) is 6.57. The van der Waals surface area contributed by atoms with E-state index in [0.29, 0.717) is 12.1 Å². The van der Waals surface area contributed by atoms with Crippen molar-refractivity contribution >= 4 is 10.9 Å². The lowest BCUT2D eigenvalue weighted by atomic mass is 9.95. The molecule has 1 aliphatic rings. The van der Waals surface area contributed by atoms with Gasteiger partial charge in [-0.2, -0.15) is 0 Å². The Kier molecular flexibility index (Phi) is 4.26. The third-order valence-electron chi connectivity index (χ3n) is 5.36. The van der Waals surface area contributed by atoms with Crippen molar-refractivity contribution in [2.45, 2.75) is 45.3 Å². The van der Waals surface area contributed by atoms with Crippen molar-refractivity contribution < 1.29 is 4.74 Å². The first-order valence-corrected chi connectivity index (χ1v) is 9.16. The van der Waals surface area contributed by atoms with Gasteiger partial charge in [0.15, 0.2) is 0 Å². The first kappa shape index (κ1) is 16.2. The monoisotopic (exact) mass is 334 g/mol. The van der Waals surface area contributed by atoms with E-state index >= 15 is 0 Å². The number of aromatic nitrogens is 1. The molecule has 0 saturated heterocycles. The van der Waals surface area contributed by atoms with Gasteiger partial charge in [-0.15, -0.1) is 0 Å². The van der Waals surface area contributed by atoms with Gasteiger partial charge in [0, 0.05) is 41.6 Å². The number of ether oxygens (including phenoxy) is 1. The molecule has 2 heterocycles. The number of rotatable bonds is 4. The molecule has 0 spiro atoms. The summed E-state index contributed by atoms with van der Waals surface area (Å²) in [5.74, 6) is 0.932. The lowest BCUT2D eigenvalue weighted by Crippen LogP contribution is -2.36. The standard InChI is InChI=1S/C22H26N2O/c1-15-13-21-22(16(2)23-15)19-14-18(25-3)9-10-20(19)24(21)12-11-17-7-5-4-6-8-17/h4-10,14-16,23H,11-13H2,1-3H3. The molecular weight excluding hydrogens is 308 g/mol. The molecule has 0 fully saturated rings. The van der Waals surface area contributed by atoms with Gasteiger partial charge in [0.05, 0.1) is 7.11 Å². The van der Waals surface area contributed by atoms with Gasteiger partial charge in [-0.3, -0.25) is 0 Å². The zero-order valence-electron chi connectivity index (χ0n) is 15.3. The summed E-state index contributed by atoms with van der Waals surface area (Å²) in [6.45, 7) is 5.57. The number of nitrogens with one attached hydrogen (secondary N) is 1. The fourth-order valence-electron chi connectivity index (χ4n) is 4.24. The van der Waals surface area contributed by atoms with Gasteiger partial charge in [0.2, 0.25) is 0 Å². The molecule has 0 radical (unpaired) electrons. The smallest absolute Gasteiger partial charge is 0.119 e. The Bertz CT molecular complexity index is 882. The van der Waals surface area contributed by atoms with Crippen LogP contribution in [0.2, 0.25) is 0 Å². The highest BCUT2D eigenvalue weighted by atomic mass is 16.5. The van der Waals surface area contributed by atoms with E-state index in [2.05, 4.69) is 72.3 Å². The quantitative estimate of drug-likeness (QED) is 0.761. The van der Waals surface area contributed by atoms with Crippen molar-refractivity contribution in [2.75, 3.05) is 7.11 Å². The molecule has 0 bridgehead atoms. The molecule has 0 amide bonds. The molecular formula is C22H26N2O. The van der Waals surface area contributed by atoms with E-state index < -0.39 is 0 Å². The third-order valence-corrected chi connectivity index (χ3v) is 5.36. The fraction of sp³-hybridized carbons (Fsp3) is 0.364. The van der Waals surface area contributed by atoms with E-state index in [1.807, 2.05) is 0 Å². The lowest BCUT2D eigenvalue weighted by Gasteiger charge is -2.28. The van der Waals surface area contributed by atoms with Gasteiger partial charge >= 0.3 is 0 Å². The van der Waals surface area contributed by atoms with Gasteiger partial charge in [-0.05, 0) is 49.6 Å². The van der Waals surface area contributed by atoms with Crippen molar-refractivity contribution in [2.24, 2.45) is 0 Å². The summed E-state index contributed by atoms with van der Waals surface area (Å²) in [6, 6.07) is 18.1. The number of hydrogen-bond acceptors (Lipinski definition) is 2. The van der Waals surface area contributed by atoms with Gasteiger partial charge in [-0.1, -0.05) is 30.3 Å². The van der Waals surface area contributed by atoms with Crippen LogP contribution in [0.15, 0.2) is 48.5 Å². The van der Waals surface area contributed by atoms with Crippen LogP contribution in [0, 0.1) is 0 Å². The van der Waals surface area contributed by atoms with E-state index in [0.717, 1.165) is 25.1 Å². The van der Waals surface area contributed by atoms with Crippen LogP contribution in [0.3, 0.4) is 0 Å². The molecule has 2 unspecified atom stereocenters. The van der Waals surface area contributed by atoms with Gasteiger partial charge in [0.25, 0.3) is 0 Å². The Morgan fingerprint density at radius 2 is 1.92 bits per heavy atom. The van der Waals surface area contributed by atoms with E-state index in [9.17, 15) is 0 Å². The normalized spacial score (nSPS) is 19.8. The van der Waals surface area contributed by atoms with Crippen LogP contribution in [0.5, 0.6) is 5.75 Å². The summed E-state index contributed by atoms with van der Waals surface area (Å²) in [6.07, 6.45) is 2.13. The predicted octanol–water partition coefficient (Wildman–Crippen LogP) is 4.49. The summed E-state index contributed by atoms with van der Waals surface area (Å²) < 4.78 is 8.01. The van der Waals surface area contributed by atoms with Crippen LogP contribution in [0.1, 0.15) is 36.7 Å². The lowest BCUT2D eigenvalue weighted by molar-refractivity contribution is 0.415. The minimum atomic E-state index is 0.367. The predicted molar refractivity (Wildman–Crippen MR) is 103 cm³/mol. The number of nitrogens with zero attached hydrogens (tertiary/aromatic N) is 1. The average Bonchev–Trinajstić information content (AvgIpc) is 2.93. The Morgan fingerprint density at radius 1 is 1.12 bits per heavy atom. The van der Waals surface area contributed by atoms with Gasteiger partial charge < -0.3 is 14.6 Å². The average molecular weight is 334 g/mol. The summed E-state index contributed by atoms with van der Waals surface area (Å²) in [4.78, 5) is 0. The number of benzene rings is 2. The number of methoxy groups -OCH3 is 1. The minimum absolute atomic E-state index is 0.367. The Labute approximate surface area is 149 Å². The van der Waals surface area contributed by atoms with Crippen molar-refractivity contribution in [1.29, 1.82) is 0 Å². The summed E-state index contributed by atoms with van der Waals surface area (Å²) >= 11 is 0. The maximum absolute atomic E-state index is 5.48. The van der Waals surface area contributed by atoms with Crippen LogP contribution in [0.25, 0.3) is 10.9 Å². The number of hydrogen-bond donors (Lipinski definition) is 1. The molecule has 2 aromatic carbocycles. The van der Waals surface area contributed by atoms with Crippen LogP contribution < -0.4 is 10.1 Å². The Balaban J connectivity index is 1.80. The molecule has 1 aliphatic heterocycles. The van der Waals surface area contributed by atoms with Crippen molar-refractivity contribution in [3.63, 3.8) is 0 Å². The molecule has 2 atom stereocenters. The molecule has 0 saturated carbocycles. The van der Waals surface area contributed by atoms with E-state index in [1.165, 1.54) is 27.7 Å². The van der Waals surface area contributed by atoms with Crippen LogP contribution in [-0.2, 0) is 19.4 Å². The van der Waals surface area contributed by atoms with E-state index in [1.54, 1.807) is 7.11 Å². The molecule has 4 rings (SSSR count). The van der Waals surface area contributed by atoms with Crippen LogP contribution in [-0.4, -0.2) is 17.7 Å². The summed E-state index contributed by atoms with van der Waals surface area (Å²) in [7, 11) is 1.74. The topological polar surface area (TPSA) is 26.2 Å². The molecule has 25 heavy (non-hydrogen) atoms. The highest BCUT2D eigenvalue weighted by molar-refractivity contribution is 5.87. The molecule has 130 valence electrons. The minimum Gasteiger partial charge on any atom is -0.497 e. The van der Waals surface area contributed by atoms with Crippen molar-refractivity contribution in [1.82, 2.24) is 9.88 Å². The zero-order valence-corrected chi connectivity index (χ0v) is 15.3. The summed E-state index contributed by atoms with van der Waals surface area (Å²) in [5, 5.41) is 5.03. The van der Waals surface area contributed by atoms with Gasteiger partial charge in [-0.25, -0.2) is 0 Å². The number of fused-ring (bicyclic) bond motifs is 3. The SMILES string of the molecule is COc1ccc2c(c1)c1c(n2CCc2ccccc2)CC(C)NC1C. The van der Waals surface area contributed by atoms with Crippen LogP contribution >= 0.6 is 0 Å². The molecule has 3 heteroatoms. The van der Waals surface area contributed by atoms with Crippen LogP contribution in [0.4, 0.5) is 0 Å². The molecule has 3 aromatic rings. The molecule has 1 aromatic heterocycles. The van der Waals surface area contributed by atoms with Crippen molar-refractivity contribution in [3.05, 3.63) is 65.4 Å². The molecule has 0 aliphatic carbocycles. The Morgan fingerprint density at radius 3 is 2.68 bits per heavy atom. The second-order valence-electron chi connectivity index (χ2n) is 7.12. The highest BCUT2D eigenvalue weighted by Crippen LogP contribution is 2.37.